The molecule has 0 aliphatic carbocycles. The molecule has 0 unspecified atom stereocenters. The van der Waals surface area contributed by atoms with Crippen molar-refractivity contribution in [1.29, 1.82) is 0 Å². The number of carbonyl (C=O) groups excluding carboxylic acids is 1. The maximum absolute atomic E-state index is 12.3. The van der Waals surface area contributed by atoms with Crippen LogP contribution in [0.1, 0.15) is 21.5 Å². The van der Waals surface area contributed by atoms with Gasteiger partial charge in [-0.2, -0.15) is 0 Å². The van der Waals surface area contributed by atoms with Gasteiger partial charge in [0.05, 0.1) is 5.69 Å². The second-order valence-electron chi connectivity index (χ2n) is 4.35. The molecule has 2 aromatic carbocycles. The fourth-order valence-corrected chi connectivity index (χ4v) is 2.47. The largest absolute Gasteiger partial charge is 0.321 e. The van der Waals surface area contributed by atoms with E-state index in [1.807, 2.05) is 38.1 Å². The zero-order valence-corrected chi connectivity index (χ0v) is 13.0. The van der Waals surface area contributed by atoms with Gasteiger partial charge in [-0.15, -0.1) is 0 Å². The lowest BCUT2D eigenvalue weighted by Crippen LogP contribution is -2.15. The number of aryl methyl sites for hydroxylation is 2. The third kappa shape index (κ3) is 3.17. The van der Waals surface area contributed by atoms with Crippen LogP contribution in [0.5, 0.6) is 0 Å². The van der Waals surface area contributed by atoms with Gasteiger partial charge < -0.3 is 5.32 Å². The predicted octanol–water partition coefficient (Wildman–Crippen LogP) is 4.97. The minimum absolute atomic E-state index is 0.126. The first-order chi connectivity index (χ1) is 8.99. The number of nitrogens with one attached hydrogen (secondary N) is 1. The molecule has 1 amide bonds. The molecule has 2 rings (SSSR count). The van der Waals surface area contributed by atoms with Crippen LogP contribution in [-0.2, 0) is 0 Å². The monoisotopic (exact) mass is 337 g/mol. The Labute approximate surface area is 125 Å². The quantitative estimate of drug-likeness (QED) is 0.823. The van der Waals surface area contributed by atoms with Gasteiger partial charge in [0.2, 0.25) is 0 Å². The Balaban J connectivity index is 2.34. The van der Waals surface area contributed by atoms with Crippen LogP contribution >= 0.6 is 27.5 Å². The summed E-state index contributed by atoms with van der Waals surface area (Å²) in [6, 6.07) is 11.1. The molecule has 4 heteroatoms. The molecule has 0 aliphatic heterocycles. The number of carbonyl (C=O) groups is 1. The van der Waals surface area contributed by atoms with E-state index in [1.165, 1.54) is 0 Å². The van der Waals surface area contributed by atoms with Crippen molar-refractivity contribution in [1.82, 2.24) is 0 Å². The van der Waals surface area contributed by atoms with E-state index < -0.39 is 0 Å². The van der Waals surface area contributed by atoms with Crippen LogP contribution in [0.2, 0.25) is 5.02 Å². The Morgan fingerprint density at radius 2 is 1.79 bits per heavy atom. The highest BCUT2D eigenvalue weighted by molar-refractivity contribution is 9.10. The lowest BCUT2D eigenvalue weighted by atomic mass is 10.0. The van der Waals surface area contributed by atoms with E-state index in [4.69, 9.17) is 11.6 Å². The number of halogens is 2. The molecule has 0 aromatic heterocycles. The zero-order chi connectivity index (χ0) is 14.0. The number of benzene rings is 2. The molecule has 0 bridgehead atoms. The molecule has 0 radical (unpaired) electrons. The predicted molar refractivity (Wildman–Crippen MR) is 83.0 cm³/mol. The fourth-order valence-electron chi connectivity index (χ4n) is 1.95. The number of rotatable bonds is 2. The minimum Gasteiger partial charge on any atom is -0.321 e. The maximum atomic E-state index is 12.3. The van der Waals surface area contributed by atoms with Crippen LogP contribution in [0, 0.1) is 13.8 Å². The highest BCUT2D eigenvalue weighted by Crippen LogP contribution is 2.27. The van der Waals surface area contributed by atoms with E-state index >= 15 is 0 Å². The van der Waals surface area contributed by atoms with E-state index in [1.54, 1.807) is 12.1 Å². The van der Waals surface area contributed by atoms with Gasteiger partial charge in [-0.1, -0.05) is 29.8 Å². The summed E-state index contributed by atoms with van der Waals surface area (Å²) in [4.78, 5) is 12.3. The topological polar surface area (TPSA) is 29.1 Å². The fraction of sp³-hybridized carbons (Fsp3) is 0.133. The van der Waals surface area contributed by atoms with Crippen molar-refractivity contribution in [2.24, 2.45) is 0 Å². The van der Waals surface area contributed by atoms with Gasteiger partial charge in [0.1, 0.15) is 0 Å². The van der Waals surface area contributed by atoms with Crippen LogP contribution in [-0.4, -0.2) is 5.91 Å². The smallest absolute Gasteiger partial charge is 0.256 e. The molecule has 0 spiro atoms. The SMILES string of the molecule is Cc1cccc(C)c1C(=O)Nc1cc(Cl)ccc1Br. The van der Waals surface area contributed by atoms with E-state index in [0.717, 1.165) is 15.6 Å². The van der Waals surface area contributed by atoms with E-state index in [9.17, 15) is 4.79 Å². The molecule has 0 saturated heterocycles. The molecule has 2 nitrogen and oxygen atoms in total. The highest BCUT2D eigenvalue weighted by atomic mass is 79.9. The molecular weight excluding hydrogens is 326 g/mol. The van der Waals surface area contributed by atoms with Gasteiger partial charge in [-0.3, -0.25) is 4.79 Å². The third-order valence-electron chi connectivity index (χ3n) is 2.88. The van der Waals surface area contributed by atoms with E-state index in [2.05, 4.69) is 21.2 Å². The van der Waals surface area contributed by atoms with Crippen molar-refractivity contribution in [2.75, 3.05) is 5.32 Å². The number of hydrogen-bond donors (Lipinski definition) is 1. The van der Waals surface area contributed by atoms with Gasteiger partial charge in [0, 0.05) is 15.1 Å². The number of anilines is 1. The average molecular weight is 339 g/mol. The van der Waals surface area contributed by atoms with Gasteiger partial charge in [0.25, 0.3) is 5.91 Å². The van der Waals surface area contributed by atoms with Gasteiger partial charge in [0.15, 0.2) is 0 Å². The van der Waals surface area contributed by atoms with Crippen LogP contribution < -0.4 is 5.32 Å². The van der Waals surface area contributed by atoms with Crippen molar-refractivity contribution in [2.45, 2.75) is 13.8 Å². The summed E-state index contributed by atoms with van der Waals surface area (Å²) in [5.41, 5.74) is 3.28. The second kappa shape index (κ2) is 5.76. The standard InChI is InChI=1S/C15H13BrClNO/c1-9-4-3-5-10(2)14(9)15(19)18-13-8-11(17)6-7-12(13)16/h3-8H,1-2H3,(H,18,19). The summed E-state index contributed by atoms with van der Waals surface area (Å²) in [5, 5.41) is 3.46. The second-order valence-corrected chi connectivity index (χ2v) is 5.64. The van der Waals surface area contributed by atoms with Crippen molar-refractivity contribution < 1.29 is 4.79 Å². The molecule has 98 valence electrons. The van der Waals surface area contributed by atoms with Gasteiger partial charge in [-0.05, 0) is 59.1 Å². The van der Waals surface area contributed by atoms with Crippen LogP contribution in [0.15, 0.2) is 40.9 Å². The third-order valence-corrected chi connectivity index (χ3v) is 3.81. The molecule has 0 fully saturated rings. The summed E-state index contributed by atoms with van der Waals surface area (Å²) in [6.45, 7) is 3.85. The Bertz CT molecular complexity index is 620. The number of amides is 1. The molecule has 19 heavy (non-hydrogen) atoms. The Kier molecular flexibility index (Phi) is 4.27. The lowest BCUT2D eigenvalue weighted by molar-refractivity contribution is 0.102. The van der Waals surface area contributed by atoms with Crippen LogP contribution in [0.25, 0.3) is 0 Å². The summed E-state index contributed by atoms with van der Waals surface area (Å²) in [7, 11) is 0. The average Bonchev–Trinajstić information content (AvgIpc) is 2.33. The van der Waals surface area contributed by atoms with Crippen molar-refractivity contribution in [3.63, 3.8) is 0 Å². The number of hydrogen-bond acceptors (Lipinski definition) is 1. The van der Waals surface area contributed by atoms with E-state index in [0.29, 0.717) is 16.3 Å². The molecule has 0 aliphatic rings. The normalized spacial score (nSPS) is 10.3. The van der Waals surface area contributed by atoms with Crippen molar-refractivity contribution >= 4 is 39.1 Å². The summed E-state index contributed by atoms with van der Waals surface area (Å²) >= 11 is 9.33. The first kappa shape index (κ1) is 14.1. The Hall–Kier alpha value is -1.32. The summed E-state index contributed by atoms with van der Waals surface area (Å²) in [5.74, 6) is -0.126. The highest BCUT2D eigenvalue weighted by Gasteiger charge is 2.13. The van der Waals surface area contributed by atoms with Crippen molar-refractivity contribution in [3.8, 4) is 0 Å². The van der Waals surface area contributed by atoms with Gasteiger partial charge in [-0.25, -0.2) is 0 Å². The molecular formula is C15H13BrClNO. The summed E-state index contributed by atoms with van der Waals surface area (Å²) in [6.07, 6.45) is 0. The zero-order valence-electron chi connectivity index (χ0n) is 10.6. The summed E-state index contributed by atoms with van der Waals surface area (Å²) < 4.78 is 0.802. The van der Waals surface area contributed by atoms with Crippen LogP contribution in [0.3, 0.4) is 0 Å². The molecule has 0 heterocycles. The Morgan fingerprint density at radius 3 is 2.42 bits per heavy atom. The molecule has 0 atom stereocenters. The minimum atomic E-state index is -0.126. The lowest BCUT2D eigenvalue weighted by Gasteiger charge is -2.11. The first-order valence-electron chi connectivity index (χ1n) is 5.81. The van der Waals surface area contributed by atoms with Gasteiger partial charge >= 0.3 is 0 Å². The van der Waals surface area contributed by atoms with Crippen LogP contribution in [0.4, 0.5) is 5.69 Å². The Morgan fingerprint density at radius 1 is 1.16 bits per heavy atom. The molecule has 0 saturated carbocycles. The molecule has 1 N–H and O–H groups in total. The van der Waals surface area contributed by atoms with E-state index in [-0.39, 0.29) is 5.91 Å². The van der Waals surface area contributed by atoms with Crippen molar-refractivity contribution in [3.05, 3.63) is 62.6 Å². The maximum Gasteiger partial charge on any atom is 0.256 e. The first-order valence-corrected chi connectivity index (χ1v) is 6.99. The molecule has 2 aromatic rings.